The summed E-state index contributed by atoms with van der Waals surface area (Å²) in [5.74, 6) is 0.710. The Labute approximate surface area is 191 Å². The van der Waals surface area contributed by atoms with Crippen LogP contribution in [-0.4, -0.2) is 53.4 Å². The van der Waals surface area contributed by atoms with Crippen LogP contribution in [0.2, 0.25) is 0 Å². The van der Waals surface area contributed by atoms with Gasteiger partial charge in [0.25, 0.3) is 6.43 Å². The molecule has 4 rings (SSSR count). The number of likely N-dealkylation sites (N-methyl/N-ethyl adjacent to an activating group) is 1. The zero-order valence-corrected chi connectivity index (χ0v) is 20.1. The fourth-order valence-electron chi connectivity index (χ4n) is 3.84. The second-order valence-corrected chi connectivity index (χ2v) is 8.97. The van der Waals surface area contributed by atoms with Crippen molar-refractivity contribution in [1.29, 1.82) is 0 Å². The number of aromatic nitrogens is 1. The smallest absolute Gasteiger partial charge is 0.265 e. The van der Waals surface area contributed by atoms with E-state index < -0.39 is 17.4 Å². The van der Waals surface area contributed by atoms with Gasteiger partial charge in [0.1, 0.15) is 5.75 Å². The molecule has 3 aromatic rings. The van der Waals surface area contributed by atoms with Crippen molar-refractivity contribution in [1.82, 2.24) is 8.87 Å². The van der Waals surface area contributed by atoms with Gasteiger partial charge >= 0.3 is 0 Å². The average Bonchev–Trinajstić information content (AvgIpc) is 3.19. The van der Waals surface area contributed by atoms with E-state index in [4.69, 9.17) is 4.74 Å². The van der Waals surface area contributed by atoms with Crippen LogP contribution in [0.3, 0.4) is 0 Å². The third-order valence-corrected chi connectivity index (χ3v) is 6.88. The predicted molar refractivity (Wildman–Crippen MR) is 127 cm³/mol. The number of fused-ring (bicyclic) bond motifs is 1. The molecule has 0 N–H and O–H groups in total. The van der Waals surface area contributed by atoms with Gasteiger partial charge in [0, 0.05) is 43.3 Å². The monoisotopic (exact) mass is 463 g/mol. The SMILES string of the molecule is CC.COc1ccc(S(=O)n2cc(C(F)F)c3cc(C)ccc32)cc1N1CCN(C)CC1. The van der Waals surface area contributed by atoms with E-state index >= 15 is 0 Å². The molecular formula is C24H31F2N3O2S. The van der Waals surface area contributed by atoms with Crippen LogP contribution in [0.15, 0.2) is 47.5 Å². The van der Waals surface area contributed by atoms with Gasteiger partial charge in [0.15, 0.2) is 11.0 Å². The number of ether oxygens (including phenoxy) is 1. The van der Waals surface area contributed by atoms with Gasteiger partial charge < -0.3 is 14.5 Å². The summed E-state index contributed by atoms with van der Waals surface area (Å²) >= 11 is 0. The largest absolute Gasteiger partial charge is 0.495 e. The number of benzene rings is 2. The van der Waals surface area contributed by atoms with Gasteiger partial charge in [-0.15, -0.1) is 0 Å². The molecule has 174 valence electrons. The highest BCUT2D eigenvalue weighted by atomic mass is 32.2. The first-order valence-corrected chi connectivity index (χ1v) is 11.9. The highest BCUT2D eigenvalue weighted by Gasteiger charge is 2.22. The Morgan fingerprint density at radius 1 is 1.03 bits per heavy atom. The molecule has 0 radical (unpaired) electrons. The number of rotatable bonds is 5. The molecule has 1 saturated heterocycles. The van der Waals surface area contributed by atoms with Gasteiger partial charge in [0.05, 0.1) is 23.2 Å². The molecule has 32 heavy (non-hydrogen) atoms. The number of halogens is 2. The number of hydrogen-bond acceptors (Lipinski definition) is 4. The molecular weight excluding hydrogens is 432 g/mol. The molecule has 0 amide bonds. The van der Waals surface area contributed by atoms with Crippen molar-refractivity contribution < 1.29 is 17.7 Å². The zero-order valence-electron chi connectivity index (χ0n) is 19.3. The maximum Gasteiger partial charge on any atom is 0.265 e. The third-order valence-electron chi connectivity index (χ3n) is 5.57. The number of piperazine rings is 1. The number of alkyl halides is 2. The minimum Gasteiger partial charge on any atom is -0.495 e. The summed E-state index contributed by atoms with van der Waals surface area (Å²) in [7, 11) is 2.03. The van der Waals surface area contributed by atoms with Crippen LogP contribution in [0, 0.1) is 6.92 Å². The van der Waals surface area contributed by atoms with E-state index in [0.717, 1.165) is 37.4 Å². The van der Waals surface area contributed by atoms with Crippen LogP contribution in [-0.2, 0) is 11.0 Å². The van der Waals surface area contributed by atoms with Crippen LogP contribution in [0.1, 0.15) is 31.4 Å². The molecule has 1 aliphatic rings. The van der Waals surface area contributed by atoms with E-state index in [0.29, 0.717) is 21.5 Å². The van der Waals surface area contributed by atoms with E-state index in [1.165, 1.54) is 10.2 Å². The number of hydrogen-bond donors (Lipinski definition) is 0. The number of anilines is 1. The van der Waals surface area contributed by atoms with Crippen LogP contribution in [0.4, 0.5) is 14.5 Å². The van der Waals surface area contributed by atoms with Crippen LogP contribution < -0.4 is 9.64 Å². The fourth-order valence-corrected chi connectivity index (χ4v) is 5.01. The summed E-state index contributed by atoms with van der Waals surface area (Å²) < 4.78 is 47.6. The Hall–Kier alpha value is -2.45. The minimum atomic E-state index is -2.63. The maximum atomic E-state index is 13.6. The first kappa shape index (κ1) is 24.2. The van der Waals surface area contributed by atoms with E-state index in [9.17, 15) is 13.0 Å². The van der Waals surface area contributed by atoms with Gasteiger partial charge in [-0.2, -0.15) is 0 Å². The fraction of sp³-hybridized carbons (Fsp3) is 0.417. The van der Waals surface area contributed by atoms with Gasteiger partial charge in [-0.3, -0.25) is 3.97 Å². The molecule has 0 bridgehead atoms. The van der Waals surface area contributed by atoms with Gasteiger partial charge in [-0.25, -0.2) is 13.0 Å². The Morgan fingerprint density at radius 3 is 2.34 bits per heavy atom. The van der Waals surface area contributed by atoms with E-state index in [1.54, 1.807) is 31.4 Å². The van der Waals surface area contributed by atoms with Gasteiger partial charge in [0.2, 0.25) is 0 Å². The molecule has 1 fully saturated rings. The number of aryl methyl sites for hydroxylation is 1. The second-order valence-electron chi connectivity index (χ2n) is 7.60. The van der Waals surface area contributed by atoms with Crippen molar-refractivity contribution in [2.24, 2.45) is 0 Å². The van der Waals surface area contributed by atoms with Crippen molar-refractivity contribution in [3.63, 3.8) is 0 Å². The highest BCUT2D eigenvalue weighted by Crippen LogP contribution is 2.34. The van der Waals surface area contributed by atoms with Crippen LogP contribution >= 0.6 is 0 Å². The summed E-state index contributed by atoms with van der Waals surface area (Å²) in [5, 5.41) is 0.436. The van der Waals surface area contributed by atoms with Crippen LogP contribution in [0.5, 0.6) is 5.75 Å². The molecule has 1 unspecified atom stereocenters. The van der Waals surface area contributed by atoms with E-state index in [2.05, 4.69) is 16.8 Å². The predicted octanol–water partition coefficient (Wildman–Crippen LogP) is 5.24. The zero-order chi connectivity index (χ0) is 23.4. The highest BCUT2D eigenvalue weighted by molar-refractivity contribution is 7.83. The normalized spacial score (nSPS) is 15.6. The molecule has 2 heterocycles. The molecule has 5 nitrogen and oxygen atoms in total. The summed E-state index contributed by atoms with van der Waals surface area (Å²) in [6.07, 6.45) is -1.32. The summed E-state index contributed by atoms with van der Waals surface area (Å²) in [6.45, 7) is 9.38. The number of nitrogens with zero attached hydrogens (tertiary/aromatic N) is 3. The lowest BCUT2D eigenvalue weighted by Crippen LogP contribution is -2.44. The third kappa shape index (κ3) is 4.81. The minimum absolute atomic E-state index is 0.102. The Bertz CT molecular complexity index is 1090. The Morgan fingerprint density at radius 2 is 1.72 bits per heavy atom. The molecule has 2 aromatic carbocycles. The molecule has 0 saturated carbocycles. The molecule has 8 heteroatoms. The first-order chi connectivity index (χ1) is 15.4. The lowest BCUT2D eigenvalue weighted by molar-refractivity contribution is 0.153. The maximum absolute atomic E-state index is 13.6. The lowest BCUT2D eigenvalue weighted by atomic mass is 10.1. The van der Waals surface area contributed by atoms with Crippen molar-refractivity contribution in [2.45, 2.75) is 32.1 Å². The van der Waals surface area contributed by atoms with E-state index in [-0.39, 0.29) is 5.56 Å². The summed E-state index contributed by atoms with van der Waals surface area (Å²) in [5.41, 5.74) is 2.19. The van der Waals surface area contributed by atoms with Gasteiger partial charge in [-0.1, -0.05) is 25.5 Å². The lowest BCUT2D eigenvalue weighted by Gasteiger charge is -2.34. The first-order valence-electron chi connectivity index (χ1n) is 10.8. The molecule has 0 aliphatic carbocycles. The number of methoxy groups -OCH3 is 1. The van der Waals surface area contributed by atoms with Crippen molar-refractivity contribution >= 4 is 27.6 Å². The molecule has 1 aromatic heterocycles. The Balaban J connectivity index is 0.00000141. The van der Waals surface area contributed by atoms with Crippen molar-refractivity contribution in [2.75, 3.05) is 45.2 Å². The molecule has 1 aliphatic heterocycles. The quantitative estimate of drug-likeness (QED) is 0.518. The standard InChI is InChI=1S/C22H25F2N3O2S.C2H6/c1-15-4-6-19-17(12-15)18(22(23)24)14-27(19)30(28)16-5-7-21(29-3)20(13-16)26-10-8-25(2)9-11-26;1-2/h4-7,12-14,22H,8-11H2,1-3H3;1-2H3. The second kappa shape index (κ2) is 10.4. The Kier molecular flexibility index (Phi) is 7.90. The van der Waals surface area contributed by atoms with Gasteiger partial charge in [-0.05, 0) is 44.3 Å². The summed E-state index contributed by atoms with van der Waals surface area (Å²) in [4.78, 5) is 5.01. The van der Waals surface area contributed by atoms with E-state index in [1.807, 2.05) is 32.9 Å². The van der Waals surface area contributed by atoms with Crippen molar-refractivity contribution in [3.8, 4) is 5.75 Å². The molecule has 1 atom stereocenters. The average molecular weight is 464 g/mol. The van der Waals surface area contributed by atoms with Crippen molar-refractivity contribution in [3.05, 3.63) is 53.7 Å². The summed E-state index contributed by atoms with van der Waals surface area (Å²) in [6, 6.07) is 10.7. The van der Waals surface area contributed by atoms with Crippen LogP contribution in [0.25, 0.3) is 10.9 Å². The molecule has 0 spiro atoms. The topological polar surface area (TPSA) is 37.7 Å².